The molecule has 6 nitrogen and oxygen atoms in total. The molecule has 0 aliphatic carbocycles. The van der Waals surface area contributed by atoms with E-state index in [4.69, 9.17) is 0 Å². The van der Waals surface area contributed by atoms with Gasteiger partial charge in [0.05, 0.1) is 12.8 Å². The van der Waals surface area contributed by atoms with Gasteiger partial charge in [-0.1, -0.05) is 11.3 Å². The zero-order valence-corrected chi connectivity index (χ0v) is 9.76. The van der Waals surface area contributed by atoms with Crippen LogP contribution in [0.1, 0.15) is 6.92 Å². The number of amides is 1. The van der Waals surface area contributed by atoms with Crippen molar-refractivity contribution in [2.45, 2.75) is 11.1 Å². The quantitative estimate of drug-likeness (QED) is 0.789. The first-order valence-electron chi connectivity index (χ1n) is 3.97. The maximum Gasteiger partial charge on any atom is 0.423 e. The van der Waals surface area contributed by atoms with Crippen LogP contribution >= 0.6 is 11.3 Å². The van der Waals surface area contributed by atoms with Crippen molar-refractivity contribution in [3.8, 4) is 0 Å². The van der Waals surface area contributed by atoms with E-state index in [1.807, 2.05) is 0 Å². The van der Waals surface area contributed by atoms with Crippen molar-refractivity contribution in [2.75, 3.05) is 13.7 Å². The molecule has 1 radical (unpaired) electrons. The molecule has 0 aliphatic heterocycles. The zero-order valence-electron chi connectivity index (χ0n) is 8.13. The molecule has 15 heavy (non-hydrogen) atoms. The van der Waals surface area contributed by atoms with Gasteiger partial charge in [-0.2, -0.15) is 8.42 Å². The van der Waals surface area contributed by atoms with Gasteiger partial charge in [0, 0.05) is 7.05 Å². The Balaban J connectivity index is 2.93. The molecule has 0 bridgehead atoms. The van der Waals surface area contributed by atoms with Gasteiger partial charge in [-0.05, 0) is 6.92 Å². The average molecular weight is 249 g/mol. The molecule has 1 rings (SSSR count). The first-order chi connectivity index (χ1) is 7.00. The third-order valence-corrected chi connectivity index (χ3v) is 4.38. The monoisotopic (exact) mass is 249 g/mol. The molecule has 0 spiro atoms. The molecule has 0 aromatic carbocycles. The molecule has 1 amide bonds. The van der Waals surface area contributed by atoms with Crippen LogP contribution in [0.15, 0.2) is 10.4 Å². The number of aromatic nitrogens is 1. The van der Waals surface area contributed by atoms with Crippen molar-refractivity contribution in [1.82, 2.24) is 9.29 Å². The second kappa shape index (κ2) is 4.58. The molecule has 1 heterocycles. The number of ether oxygens (including phenoxy) is 1. The Bertz CT molecular complexity index is 426. The number of sulfonamides is 1. The van der Waals surface area contributed by atoms with Crippen LogP contribution in [0.2, 0.25) is 0 Å². The standard InChI is InChI=1S/C7H9N2O4S2/c1-3-13-7(10)9(2)15(11,12)6-4-8-5-14-6/h4H,3H2,1-2H3. The molecule has 0 fully saturated rings. The molecule has 1 aromatic rings. The van der Waals surface area contributed by atoms with E-state index in [-0.39, 0.29) is 10.8 Å². The highest BCUT2D eigenvalue weighted by molar-refractivity contribution is 7.91. The Morgan fingerprint density at radius 1 is 1.73 bits per heavy atom. The summed E-state index contributed by atoms with van der Waals surface area (Å²) in [5.74, 6) is 0. The summed E-state index contributed by atoms with van der Waals surface area (Å²) in [6.07, 6.45) is 0.223. The fraction of sp³-hybridized carbons (Fsp3) is 0.429. The summed E-state index contributed by atoms with van der Waals surface area (Å²) < 4.78 is 28.4. The first-order valence-corrected chi connectivity index (χ1v) is 6.23. The molecule has 0 aliphatic rings. The number of carbonyl (C=O) groups is 1. The Morgan fingerprint density at radius 2 is 2.40 bits per heavy atom. The minimum absolute atomic E-state index is 0.0435. The molecular formula is C7H9N2O4S2. The fourth-order valence-electron chi connectivity index (χ4n) is 0.743. The summed E-state index contributed by atoms with van der Waals surface area (Å²) in [6, 6.07) is 0. The Kier molecular flexibility index (Phi) is 3.64. The second-order valence-electron chi connectivity index (χ2n) is 2.44. The average Bonchev–Trinajstić information content (AvgIpc) is 2.70. The molecule has 0 saturated heterocycles. The zero-order chi connectivity index (χ0) is 11.5. The summed E-state index contributed by atoms with van der Waals surface area (Å²) in [5, 5.41) is 0. The van der Waals surface area contributed by atoms with E-state index >= 15 is 0 Å². The summed E-state index contributed by atoms with van der Waals surface area (Å²) in [5.41, 5.74) is 2.40. The normalized spacial score (nSPS) is 11.1. The summed E-state index contributed by atoms with van der Waals surface area (Å²) in [4.78, 5) is 14.7. The van der Waals surface area contributed by atoms with Crippen molar-refractivity contribution in [2.24, 2.45) is 0 Å². The van der Waals surface area contributed by atoms with Gasteiger partial charge in [0.25, 0.3) is 10.0 Å². The molecule has 0 saturated carbocycles. The van der Waals surface area contributed by atoms with Crippen LogP contribution in [0.3, 0.4) is 0 Å². The van der Waals surface area contributed by atoms with Crippen molar-refractivity contribution in [3.63, 3.8) is 0 Å². The van der Waals surface area contributed by atoms with E-state index in [0.29, 0.717) is 4.31 Å². The van der Waals surface area contributed by atoms with E-state index in [0.717, 1.165) is 24.6 Å². The van der Waals surface area contributed by atoms with Gasteiger partial charge in [-0.15, -0.1) is 0 Å². The predicted octanol–water partition coefficient (Wildman–Crippen LogP) is 0.720. The molecule has 0 N–H and O–H groups in total. The van der Waals surface area contributed by atoms with Crippen LogP contribution in [0, 0.1) is 5.51 Å². The van der Waals surface area contributed by atoms with E-state index < -0.39 is 16.1 Å². The maximum absolute atomic E-state index is 11.7. The SMILES string of the molecule is CCOC(=O)N(C)S(=O)(=O)c1cn[c]s1. The highest BCUT2D eigenvalue weighted by Crippen LogP contribution is 2.18. The van der Waals surface area contributed by atoms with Crippen LogP contribution < -0.4 is 0 Å². The van der Waals surface area contributed by atoms with Gasteiger partial charge in [-0.3, -0.25) is 0 Å². The number of hydrogen-bond acceptors (Lipinski definition) is 6. The van der Waals surface area contributed by atoms with Gasteiger partial charge >= 0.3 is 6.09 Å². The van der Waals surface area contributed by atoms with E-state index in [1.165, 1.54) is 0 Å². The Labute approximate surface area is 91.5 Å². The molecule has 1 aromatic heterocycles. The van der Waals surface area contributed by atoms with Crippen molar-refractivity contribution < 1.29 is 17.9 Å². The lowest BCUT2D eigenvalue weighted by Crippen LogP contribution is -2.33. The van der Waals surface area contributed by atoms with Gasteiger partial charge < -0.3 is 4.74 Å². The first kappa shape index (κ1) is 11.9. The number of hydrogen-bond donors (Lipinski definition) is 0. The minimum Gasteiger partial charge on any atom is -0.449 e. The van der Waals surface area contributed by atoms with E-state index in [1.54, 1.807) is 6.92 Å². The lowest BCUT2D eigenvalue weighted by molar-refractivity contribution is 0.136. The lowest BCUT2D eigenvalue weighted by atomic mass is 10.9. The smallest absolute Gasteiger partial charge is 0.423 e. The van der Waals surface area contributed by atoms with Gasteiger partial charge in [-0.25, -0.2) is 14.1 Å². The number of thiazole rings is 1. The van der Waals surface area contributed by atoms with Crippen LogP contribution in [0.4, 0.5) is 4.79 Å². The largest absolute Gasteiger partial charge is 0.449 e. The Morgan fingerprint density at radius 3 is 2.87 bits per heavy atom. The highest BCUT2D eigenvalue weighted by atomic mass is 32.2. The number of rotatable bonds is 3. The van der Waals surface area contributed by atoms with Crippen LogP contribution in [0.25, 0.3) is 0 Å². The molecule has 0 unspecified atom stereocenters. The number of carbonyl (C=O) groups excluding carboxylic acids is 1. The minimum atomic E-state index is -3.83. The molecule has 8 heteroatoms. The summed E-state index contributed by atoms with van der Waals surface area (Å²) >= 11 is 0.820. The third kappa shape index (κ3) is 2.45. The topological polar surface area (TPSA) is 76.6 Å². The van der Waals surface area contributed by atoms with Gasteiger partial charge in [0.15, 0.2) is 9.72 Å². The molecule has 0 atom stereocenters. The van der Waals surface area contributed by atoms with E-state index in [9.17, 15) is 13.2 Å². The molecule has 83 valence electrons. The van der Waals surface area contributed by atoms with Crippen molar-refractivity contribution in [1.29, 1.82) is 0 Å². The predicted molar refractivity (Wildman–Crippen MR) is 52.9 cm³/mol. The van der Waals surface area contributed by atoms with Crippen LogP contribution in [-0.4, -0.2) is 37.5 Å². The summed E-state index contributed by atoms with van der Waals surface area (Å²) in [7, 11) is -2.70. The maximum atomic E-state index is 11.7. The van der Waals surface area contributed by atoms with Crippen molar-refractivity contribution in [3.05, 3.63) is 11.7 Å². The second-order valence-corrected chi connectivity index (χ2v) is 5.46. The van der Waals surface area contributed by atoms with E-state index in [2.05, 4.69) is 15.2 Å². The van der Waals surface area contributed by atoms with Gasteiger partial charge in [0.1, 0.15) is 0 Å². The number of nitrogens with zero attached hydrogens (tertiary/aromatic N) is 2. The van der Waals surface area contributed by atoms with Crippen molar-refractivity contribution >= 4 is 27.5 Å². The Hall–Kier alpha value is -1.15. The molecular weight excluding hydrogens is 240 g/mol. The van der Waals surface area contributed by atoms with Crippen LogP contribution in [-0.2, 0) is 14.8 Å². The van der Waals surface area contributed by atoms with Gasteiger partial charge in [0.2, 0.25) is 0 Å². The highest BCUT2D eigenvalue weighted by Gasteiger charge is 2.27. The summed E-state index contributed by atoms with van der Waals surface area (Å²) in [6.45, 7) is 1.71. The van der Waals surface area contributed by atoms with Crippen LogP contribution in [0.5, 0.6) is 0 Å². The lowest BCUT2D eigenvalue weighted by Gasteiger charge is -2.14. The third-order valence-electron chi connectivity index (χ3n) is 1.51. The fourth-order valence-corrected chi connectivity index (χ4v) is 2.62.